The number of rotatable bonds is 7. The molecule has 2 unspecified atom stereocenters. The third-order valence-electron chi connectivity index (χ3n) is 4.55. The highest BCUT2D eigenvalue weighted by Crippen LogP contribution is 2.36. The summed E-state index contributed by atoms with van der Waals surface area (Å²) in [5.74, 6) is -7.24. The lowest BCUT2D eigenvalue weighted by molar-refractivity contribution is -0.276. The molecule has 0 aliphatic heterocycles. The van der Waals surface area contributed by atoms with E-state index in [0.717, 1.165) is 12.1 Å². The number of carbonyl (C=O) groups excluding carboxylic acids is 2. The number of nitrogens with two attached hydrogens (primary N) is 1. The molecule has 2 atom stereocenters. The molecular weight excluding hydrogens is 550 g/mol. The predicted molar refractivity (Wildman–Crippen MR) is 115 cm³/mol. The number of nitriles is 1. The van der Waals surface area contributed by atoms with Crippen molar-refractivity contribution in [3.05, 3.63) is 59.2 Å². The van der Waals surface area contributed by atoms with Gasteiger partial charge in [-0.05, 0) is 56.2 Å². The zero-order chi connectivity index (χ0) is 29.9. The normalized spacial score (nSPS) is 13.6. The third-order valence-corrected chi connectivity index (χ3v) is 4.55. The van der Waals surface area contributed by atoms with Gasteiger partial charge in [-0.25, -0.2) is 13.6 Å². The summed E-state index contributed by atoms with van der Waals surface area (Å²) in [6, 6.07) is 0.736. The fraction of sp³-hybridized carbons (Fsp3) is 0.348. The maximum absolute atomic E-state index is 14.4. The first-order valence-electron chi connectivity index (χ1n) is 10.5. The standard InChI is InChI=1S/C23H19F8N3O5/c1-21(2,3)39-20(36)34(15(10-32)11-4-6-16(13(24)8-11)37-22(26,27)28)18(19(33)35)12-5-7-17(14(25)9-12)38-23(29,30)31/h4-9,15,18H,1-3H3,(H2,33,35). The molecular formula is C23H19F8N3O5. The molecule has 16 heteroatoms. The summed E-state index contributed by atoms with van der Waals surface area (Å²) in [5, 5.41) is 9.84. The fourth-order valence-electron chi connectivity index (χ4n) is 3.22. The Morgan fingerprint density at radius 3 is 1.67 bits per heavy atom. The highest BCUT2D eigenvalue weighted by molar-refractivity contribution is 5.86. The zero-order valence-corrected chi connectivity index (χ0v) is 20.2. The van der Waals surface area contributed by atoms with Crippen molar-refractivity contribution in [3.63, 3.8) is 0 Å². The van der Waals surface area contributed by atoms with Gasteiger partial charge in [0.2, 0.25) is 5.91 Å². The van der Waals surface area contributed by atoms with E-state index < -0.39 is 76.7 Å². The summed E-state index contributed by atoms with van der Waals surface area (Å²) >= 11 is 0. The van der Waals surface area contributed by atoms with Crippen LogP contribution < -0.4 is 15.2 Å². The first-order valence-corrected chi connectivity index (χ1v) is 10.5. The molecule has 2 aromatic rings. The summed E-state index contributed by atoms with van der Waals surface area (Å²) in [7, 11) is 0. The number of amides is 2. The minimum atomic E-state index is -5.27. The van der Waals surface area contributed by atoms with E-state index in [2.05, 4.69) is 9.47 Å². The van der Waals surface area contributed by atoms with Gasteiger partial charge >= 0.3 is 18.8 Å². The van der Waals surface area contributed by atoms with Crippen LogP contribution in [0.4, 0.5) is 39.9 Å². The Morgan fingerprint density at radius 2 is 1.31 bits per heavy atom. The van der Waals surface area contributed by atoms with Crippen molar-refractivity contribution in [2.45, 2.75) is 51.2 Å². The average Bonchev–Trinajstić information content (AvgIpc) is 2.74. The van der Waals surface area contributed by atoms with Crippen LogP contribution in [-0.4, -0.2) is 35.2 Å². The van der Waals surface area contributed by atoms with Crippen LogP contribution in [0.2, 0.25) is 0 Å². The van der Waals surface area contributed by atoms with Gasteiger partial charge in [0.15, 0.2) is 23.1 Å². The van der Waals surface area contributed by atoms with Crippen LogP contribution in [0, 0.1) is 23.0 Å². The molecule has 39 heavy (non-hydrogen) atoms. The summed E-state index contributed by atoms with van der Waals surface area (Å²) in [6.07, 6.45) is -12.0. The van der Waals surface area contributed by atoms with Crippen molar-refractivity contribution >= 4 is 12.0 Å². The van der Waals surface area contributed by atoms with Gasteiger partial charge in [-0.3, -0.25) is 9.69 Å². The second-order valence-corrected chi connectivity index (χ2v) is 8.70. The third kappa shape index (κ3) is 8.62. The average molecular weight is 569 g/mol. The van der Waals surface area contributed by atoms with Crippen LogP contribution in [0.25, 0.3) is 0 Å². The number of alkyl halides is 6. The van der Waals surface area contributed by atoms with Crippen molar-refractivity contribution in [2.75, 3.05) is 0 Å². The quantitative estimate of drug-likeness (QED) is 0.422. The van der Waals surface area contributed by atoms with Crippen LogP contribution in [0.3, 0.4) is 0 Å². The first-order chi connectivity index (χ1) is 17.7. The van der Waals surface area contributed by atoms with Crippen LogP contribution in [0.15, 0.2) is 36.4 Å². The molecule has 2 N–H and O–H groups in total. The summed E-state index contributed by atoms with van der Waals surface area (Å²) < 4.78 is 116. The largest absolute Gasteiger partial charge is 0.573 e. The van der Waals surface area contributed by atoms with E-state index in [-0.39, 0.29) is 0 Å². The predicted octanol–water partition coefficient (Wildman–Crippen LogP) is 5.79. The van der Waals surface area contributed by atoms with Crippen LogP contribution >= 0.6 is 0 Å². The van der Waals surface area contributed by atoms with E-state index in [0.29, 0.717) is 29.2 Å². The molecule has 0 aliphatic carbocycles. The lowest BCUT2D eigenvalue weighted by Crippen LogP contribution is -2.46. The molecule has 212 valence electrons. The maximum atomic E-state index is 14.4. The van der Waals surface area contributed by atoms with Crippen molar-refractivity contribution in [1.82, 2.24) is 4.90 Å². The molecule has 2 rings (SSSR count). The Balaban J connectivity index is 2.67. The van der Waals surface area contributed by atoms with Gasteiger partial charge in [-0.1, -0.05) is 12.1 Å². The van der Waals surface area contributed by atoms with E-state index in [9.17, 15) is 50.0 Å². The van der Waals surface area contributed by atoms with Crippen LogP contribution in [0.1, 0.15) is 44.0 Å². The monoisotopic (exact) mass is 569 g/mol. The van der Waals surface area contributed by atoms with Crippen molar-refractivity contribution in [1.29, 1.82) is 5.26 Å². The Bertz CT molecular complexity index is 1270. The van der Waals surface area contributed by atoms with Crippen LogP contribution in [-0.2, 0) is 9.53 Å². The molecule has 0 radical (unpaired) electrons. The number of benzene rings is 2. The molecule has 0 saturated carbocycles. The highest BCUT2D eigenvalue weighted by Gasteiger charge is 2.41. The fourth-order valence-corrected chi connectivity index (χ4v) is 3.22. The van der Waals surface area contributed by atoms with Crippen molar-refractivity contribution < 1.29 is 58.9 Å². The number of carbonyl (C=O) groups is 2. The minimum absolute atomic E-state index is 0.339. The molecule has 0 spiro atoms. The van der Waals surface area contributed by atoms with Crippen molar-refractivity contribution in [3.8, 4) is 17.6 Å². The number of nitrogens with zero attached hydrogens (tertiary/aromatic N) is 2. The number of hydrogen-bond acceptors (Lipinski definition) is 6. The number of hydrogen-bond donors (Lipinski definition) is 1. The van der Waals surface area contributed by atoms with E-state index in [1.54, 1.807) is 6.07 Å². The molecule has 2 aromatic carbocycles. The summed E-state index contributed by atoms with van der Waals surface area (Å²) in [5.41, 5.74) is 3.10. The number of halogens is 8. The van der Waals surface area contributed by atoms with Crippen LogP contribution in [0.5, 0.6) is 11.5 Å². The van der Waals surface area contributed by atoms with E-state index >= 15 is 0 Å². The van der Waals surface area contributed by atoms with Gasteiger partial charge in [0.25, 0.3) is 0 Å². The summed E-state index contributed by atoms with van der Waals surface area (Å²) in [4.78, 5) is 26.0. The van der Waals surface area contributed by atoms with E-state index in [1.807, 2.05) is 0 Å². The van der Waals surface area contributed by atoms with Gasteiger partial charge in [0, 0.05) is 0 Å². The SMILES string of the molecule is CC(C)(C)OC(=O)N(C(C#N)c1ccc(OC(F)(F)F)c(F)c1)C(C(N)=O)c1ccc(OC(F)(F)F)c(F)c1. The van der Waals surface area contributed by atoms with E-state index in [4.69, 9.17) is 10.5 Å². The highest BCUT2D eigenvalue weighted by atomic mass is 19.4. The Morgan fingerprint density at radius 1 is 0.872 bits per heavy atom. The molecule has 0 heterocycles. The smallest absolute Gasteiger partial charge is 0.444 e. The Kier molecular flexibility index (Phi) is 8.89. The minimum Gasteiger partial charge on any atom is -0.444 e. The van der Waals surface area contributed by atoms with Gasteiger partial charge < -0.3 is 19.9 Å². The lowest BCUT2D eigenvalue weighted by atomic mass is 9.99. The second-order valence-electron chi connectivity index (χ2n) is 8.70. The van der Waals surface area contributed by atoms with Crippen molar-refractivity contribution in [2.24, 2.45) is 5.73 Å². The molecule has 0 aromatic heterocycles. The van der Waals surface area contributed by atoms with Gasteiger partial charge in [-0.15, -0.1) is 26.3 Å². The molecule has 0 bridgehead atoms. The maximum Gasteiger partial charge on any atom is 0.573 e. The molecule has 0 saturated heterocycles. The van der Waals surface area contributed by atoms with Gasteiger partial charge in [0.1, 0.15) is 17.7 Å². The topological polar surface area (TPSA) is 115 Å². The van der Waals surface area contributed by atoms with E-state index in [1.165, 1.54) is 20.8 Å². The zero-order valence-electron chi connectivity index (χ0n) is 20.2. The van der Waals surface area contributed by atoms with Gasteiger partial charge in [-0.2, -0.15) is 5.26 Å². The number of primary amides is 1. The molecule has 2 amide bonds. The van der Waals surface area contributed by atoms with Gasteiger partial charge in [0.05, 0.1) is 6.07 Å². The summed E-state index contributed by atoms with van der Waals surface area (Å²) in [6.45, 7) is 4.15. The Hall–Kier alpha value is -4.29. The second kappa shape index (κ2) is 11.2. The molecule has 0 aliphatic rings. The Labute approximate surface area is 215 Å². The molecule has 8 nitrogen and oxygen atoms in total. The molecule has 0 fully saturated rings. The number of ether oxygens (including phenoxy) is 3. The first kappa shape index (κ1) is 30.9. The lowest BCUT2D eigenvalue weighted by Gasteiger charge is -2.35.